The van der Waals surface area contributed by atoms with Crippen molar-refractivity contribution in [2.75, 3.05) is 6.54 Å². The summed E-state index contributed by atoms with van der Waals surface area (Å²) in [5, 5.41) is 3.44. The predicted molar refractivity (Wildman–Crippen MR) is 54.3 cm³/mol. The summed E-state index contributed by atoms with van der Waals surface area (Å²) in [5.41, 5.74) is 2.93. The molecule has 1 aliphatic heterocycles. The van der Waals surface area contributed by atoms with Crippen LogP contribution in [0, 0.1) is 0 Å². The van der Waals surface area contributed by atoms with Crippen LogP contribution in [0.15, 0.2) is 22.7 Å². The third-order valence-corrected chi connectivity index (χ3v) is 2.91. The minimum absolute atomic E-state index is 0.506. The van der Waals surface area contributed by atoms with Gasteiger partial charge in [0, 0.05) is 10.5 Å². The molecule has 1 unspecified atom stereocenters. The van der Waals surface area contributed by atoms with E-state index in [1.807, 2.05) is 0 Å². The van der Waals surface area contributed by atoms with Gasteiger partial charge in [-0.25, -0.2) is 0 Å². The summed E-state index contributed by atoms with van der Waals surface area (Å²) in [6, 6.07) is 7.06. The Labute approximate surface area is 81.3 Å². The molecule has 1 heterocycles. The number of rotatable bonds is 0. The van der Waals surface area contributed by atoms with Gasteiger partial charge in [-0.05, 0) is 43.1 Å². The lowest BCUT2D eigenvalue weighted by molar-refractivity contribution is 0.540. The molecule has 1 aliphatic rings. The Hall–Kier alpha value is -0.340. The molecular formula is C10H12BrN. The van der Waals surface area contributed by atoms with E-state index in [1.54, 1.807) is 0 Å². The fraction of sp³-hybridized carbons (Fsp3) is 0.400. The summed E-state index contributed by atoms with van der Waals surface area (Å²) in [6.45, 7) is 3.32. The Morgan fingerprint density at radius 1 is 1.50 bits per heavy atom. The normalized spacial score (nSPS) is 22.0. The summed E-state index contributed by atoms with van der Waals surface area (Å²) in [4.78, 5) is 0. The van der Waals surface area contributed by atoms with Gasteiger partial charge < -0.3 is 5.32 Å². The molecular weight excluding hydrogens is 214 g/mol. The van der Waals surface area contributed by atoms with E-state index < -0.39 is 0 Å². The highest BCUT2D eigenvalue weighted by Crippen LogP contribution is 2.25. The van der Waals surface area contributed by atoms with Crippen molar-refractivity contribution in [2.24, 2.45) is 0 Å². The molecule has 2 rings (SSSR count). The number of nitrogens with one attached hydrogen (secondary N) is 1. The highest BCUT2D eigenvalue weighted by Gasteiger charge is 2.14. The molecule has 0 spiro atoms. The first-order chi connectivity index (χ1) is 5.77. The predicted octanol–water partition coefficient (Wildman–Crippen LogP) is 2.66. The maximum atomic E-state index is 3.49. The van der Waals surface area contributed by atoms with Gasteiger partial charge in [0.1, 0.15) is 0 Å². The van der Waals surface area contributed by atoms with Crippen LogP contribution >= 0.6 is 15.9 Å². The van der Waals surface area contributed by atoms with Gasteiger partial charge in [-0.15, -0.1) is 0 Å². The second-order valence-corrected chi connectivity index (χ2v) is 4.18. The zero-order valence-corrected chi connectivity index (χ0v) is 8.69. The van der Waals surface area contributed by atoms with Crippen molar-refractivity contribution >= 4 is 15.9 Å². The second-order valence-electron chi connectivity index (χ2n) is 3.27. The molecule has 0 radical (unpaired) electrons. The van der Waals surface area contributed by atoms with Crippen molar-refractivity contribution in [3.63, 3.8) is 0 Å². The van der Waals surface area contributed by atoms with E-state index in [4.69, 9.17) is 0 Å². The smallest absolute Gasteiger partial charge is 0.0295 e. The standard InChI is InChI=1S/C10H12BrN/c1-7-10-6-9(11)3-2-8(10)4-5-12-7/h2-3,6-7,12H,4-5H2,1H3. The Morgan fingerprint density at radius 3 is 3.17 bits per heavy atom. The topological polar surface area (TPSA) is 12.0 Å². The van der Waals surface area contributed by atoms with Gasteiger partial charge in [-0.2, -0.15) is 0 Å². The zero-order valence-electron chi connectivity index (χ0n) is 7.10. The molecule has 1 aromatic rings. The van der Waals surface area contributed by atoms with Crippen LogP contribution in [0.3, 0.4) is 0 Å². The minimum Gasteiger partial charge on any atom is -0.310 e. The molecule has 0 saturated heterocycles. The molecule has 64 valence electrons. The average molecular weight is 226 g/mol. The highest BCUT2D eigenvalue weighted by molar-refractivity contribution is 9.10. The van der Waals surface area contributed by atoms with E-state index in [1.165, 1.54) is 15.6 Å². The van der Waals surface area contributed by atoms with Crippen LogP contribution in [0.5, 0.6) is 0 Å². The van der Waals surface area contributed by atoms with Crippen LogP contribution in [-0.2, 0) is 6.42 Å². The van der Waals surface area contributed by atoms with Crippen LogP contribution < -0.4 is 5.32 Å². The summed E-state index contributed by atoms with van der Waals surface area (Å²) in [6.07, 6.45) is 1.16. The van der Waals surface area contributed by atoms with Crippen molar-refractivity contribution in [1.82, 2.24) is 5.32 Å². The van der Waals surface area contributed by atoms with E-state index in [2.05, 4.69) is 46.4 Å². The Balaban J connectivity index is 2.47. The Morgan fingerprint density at radius 2 is 2.33 bits per heavy atom. The average Bonchev–Trinajstić information content (AvgIpc) is 2.07. The SMILES string of the molecule is CC1NCCc2ccc(Br)cc21. The van der Waals surface area contributed by atoms with Gasteiger partial charge >= 0.3 is 0 Å². The third-order valence-electron chi connectivity index (χ3n) is 2.42. The molecule has 2 heteroatoms. The first-order valence-electron chi connectivity index (χ1n) is 4.29. The monoisotopic (exact) mass is 225 g/mol. The van der Waals surface area contributed by atoms with Crippen molar-refractivity contribution in [3.8, 4) is 0 Å². The third kappa shape index (κ3) is 1.41. The van der Waals surface area contributed by atoms with E-state index in [-0.39, 0.29) is 0 Å². The molecule has 1 N–H and O–H groups in total. The summed E-state index contributed by atoms with van der Waals surface area (Å²) in [5.74, 6) is 0. The van der Waals surface area contributed by atoms with Crippen LogP contribution in [0.25, 0.3) is 0 Å². The van der Waals surface area contributed by atoms with E-state index in [9.17, 15) is 0 Å². The number of fused-ring (bicyclic) bond motifs is 1. The maximum absolute atomic E-state index is 3.49. The van der Waals surface area contributed by atoms with Gasteiger partial charge in [-0.3, -0.25) is 0 Å². The number of hydrogen-bond donors (Lipinski definition) is 1. The van der Waals surface area contributed by atoms with Crippen LogP contribution in [-0.4, -0.2) is 6.54 Å². The van der Waals surface area contributed by atoms with Crippen molar-refractivity contribution in [1.29, 1.82) is 0 Å². The summed E-state index contributed by atoms with van der Waals surface area (Å²) < 4.78 is 1.18. The van der Waals surface area contributed by atoms with E-state index in [0.29, 0.717) is 6.04 Å². The summed E-state index contributed by atoms with van der Waals surface area (Å²) >= 11 is 3.49. The molecule has 0 aromatic heterocycles. The first-order valence-corrected chi connectivity index (χ1v) is 5.08. The first kappa shape index (κ1) is 8.27. The lowest BCUT2D eigenvalue weighted by atomic mass is 9.96. The van der Waals surface area contributed by atoms with Crippen molar-refractivity contribution in [2.45, 2.75) is 19.4 Å². The van der Waals surface area contributed by atoms with Crippen LogP contribution in [0.4, 0.5) is 0 Å². The highest BCUT2D eigenvalue weighted by atomic mass is 79.9. The Bertz CT molecular complexity index is 296. The molecule has 0 saturated carbocycles. The fourth-order valence-corrected chi connectivity index (χ4v) is 2.11. The van der Waals surface area contributed by atoms with Gasteiger partial charge in [0.2, 0.25) is 0 Å². The summed E-state index contributed by atoms with van der Waals surface area (Å²) in [7, 11) is 0. The second kappa shape index (κ2) is 3.19. The van der Waals surface area contributed by atoms with Gasteiger partial charge in [0.25, 0.3) is 0 Å². The van der Waals surface area contributed by atoms with Crippen molar-refractivity contribution < 1.29 is 0 Å². The molecule has 1 atom stereocenters. The Kier molecular flexibility index (Phi) is 2.20. The molecule has 0 amide bonds. The number of benzene rings is 1. The van der Waals surface area contributed by atoms with Crippen LogP contribution in [0.2, 0.25) is 0 Å². The van der Waals surface area contributed by atoms with Crippen LogP contribution in [0.1, 0.15) is 24.1 Å². The fourth-order valence-electron chi connectivity index (χ4n) is 1.73. The van der Waals surface area contributed by atoms with Gasteiger partial charge in [-0.1, -0.05) is 22.0 Å². The zero-order chi connectivity index (χ0) is 8.55. The largest absolute Gasteiger partial charge is 0.310 e. The van der Waals surface area contributed by atoms with Gasteiger partial charge in [0.05, 0.1) is 0 Å². The van der Waals surface area contributed by atoms with Crippen molar-refractivity contribution in [3.05, 3.63) is 33.8 Å². The molecule has 1 aromatic carbocycles. The molecule has 1 nitrogen and oxygen atoms in total. The lowest BCUT2D eigenvalue weighted by Gasteiger charge is -2.23. The maximum Gasteiger partial charge on any atom is 0.0295 e. The molecule has 0 fully saturated rings. The number of halogens is 1. The molecule has 0 bridgehead atoms. The lowest BCUT2D eigenvalue weighted by Crippen LogP contribution is -2.27. The van der Waals surface area contributed by atoms with Gasteiger partial charge in [0.15, 0.2) is 0 Å². The van der Waals surface area contributed by atoms with E-state index in [0.717, 1.165) is 13.0 Å². The minimum atomic E-state index is 0.506. The molecule has 0 aliphatic carbocycles. The van der Waals surface area contributed by atoms with E-state index >= 15 is 0 Å². The quantitative estimate of drug-likeness (QED) is 0.717. The number of hydrogen-bond acceptors (Lipinski definition) is 1. The molecule has 12 heavy (non-hydrogen) atoms.